The van der Waals surface area contributed by atoms with Crippen molar-refractivity contribution >= 4 is 15.7 Å². The second kappa shape index (κ2) is 8.17. The number of anilines is 1. The molecule has 1 aliphatic carbocycles. The van der Waals surface area contributed by atoms with Crippen LogP contribution in [0.1, 0.15) is 24.0 Å². The molecule has 5 nitrogen and oxygen atoms in total. The van der Waals surface area contributed by atoms with E-state index >= 15 is 0 Å². The van der Waals surface area contributed by atoms with E-state index in [1.165, 1.54) is 12.7 Å². The summed E-state index contributed by atoms with van der Waals surface area (Å²) >= 11 is 0. The summed E-state index contributed by atoms with van der Waals surface area (Å²) < 4.78 is 39.8. The molecule has 3 aromatic rings. The molecule has 0 saturated heterocycles. The minimum absolute atomic E-state index is 0.172. The van der Waals surface area contributed by atoms with Crippen LogP contribution in [0.25, 0.3) is 0 Å². The van der Waals surface area contributed by atoms with E-state index in [9.17, 15) is 8.42 Å². The van der Waals surface area contributed by atoms with Crippen molar-refractivity contribution in [1.82, 2.24) is 0 Å². The van der Waals surface area contributed by atoms with Gasteiger partial charge in [-0.05, 0) is 85.3 Å². The van der Waals surface area contributed by atoms with Gasteiger partial charge in [0.15, 0.2) is 0 Å². The van der Waals surface area contributed by atoms with Crippen LogP contribution in [0.5, 0.6) is 17.2 Å². The van der Waals surface area contributed by atoms with E-state index in [1.54, 1.807) is 30.3 Å². The number of aryl methyl sites for hydroxylation is 2. The maximum absolute atomic E-state index is 13.0. The zero-order valence-corrected chi connectivity index (χ0v) is 17.0. The van der Waals surface area contributed by atoms with Crippen molar-refractivity contribution < 1.29 is 17.9 Å². The summed E-state index contributed by atoms with van der Waals surface area (Å²) in [6, 6.07) is 19.9. The first-order valence-corrected chi connectivity index (χ1v) is 11.1. The molecule has 6 heteroatoms. The van der Waals surface area contributed by atoms with Gasteiger partial charge in [0, 0.05) is 5.69 Å². The van der Waals surface area contributed by atoms with E-state index in [4.69, 9.17) is 9.47 Å². The van der Waals surface area contributed by atoms with Crippen molar-refractivity contribution in [3.63, 3.8) is 0 Å². The minimum Gasteiger partial charge on any atom is -0.495 e. The molecule has 0 spiro atoms. The highest BCUT2D eigenvalue weighted by atomic mass is 32.2. The molecule has 29 heavy (non-hydrogen) atoms. The number of methoxy groups -OCH3 is 1. The Morgan fingerprint density at radius 1 is 0.828 bits per heavy atom. The topological polar surface area (TPSA) is 64.6 Å². The van der Waals surface area contributed by atoms with E-state index in [2.05, 4.69) is 4.72 Å². The van der Waals surface area contributed by atoms with Gasteiger partial charge in [-0.3, -0.25) is 4.72 Å². The molecular weight excluding hydrogens is 386 g/mol. The molecule has 0 bridgehead atoms. The van der Waals surface area contributed by atoms with Crippen LogP contribution in [0.2, 0.25) is 0 Å². The molecule has 0 fully saturated rings. The summed E-state index contributed by atoms with van der Waals surface area (Å²) in [6.45, 7) is 0. The van der Waals surface area contributed by atoms with Crippen molar-refractivity contribution in [2.45, 2.75) is 30.6 Å². The zero-order chi connectivity index (χ0) is 20.3. The Bertz CT molecular complexity index is 1090. The molecule has 1 N–H and O–H groups in total. The fraction of sp³-hybridized carbons (Fsp3) is 0.217. The zero-order valence-electron chi connectivity index (χ0n) is 16.2. The highest BCUT2D eigenvalue weighted by Gasteiger charge is 2.23. The molecule has 0 aliphatic heterocycles. The molecule has 3 aromatic carbocycles. The Morgan fingerprint density at radius 2 is 1.45 bits per heavy atom. The number of sulfonamides is 1. The van der Waals surface area contributed by atoms with Gasteiger partial charge < -0.3 is 9.47 Å². The second-order valence-corrected chi connectivity index (χ2v) is 8.67. The van der Waals surface area contributed by atoms with Crippen molar-refractivity contribution in [1.29, 1.82) is 0 Å². The largest absolute Gasteiger partial charge is 0.495 e. The standard InChI is InChI=1S/C23H23NO4S/c1-27-22-15-17-7-5-6-8-18(17)16-23(22)29(25,26)24-19-11-13-21(14-12-19)28-20-9-3-2-4-10-20/h2-4,9-16,24H,5-8H2,1H3. The van der Waals surface area contributed by atoms with Crippen LogP contribution in [-0.2, 0) is 22.9 Å². The van der Waals surface area contributed by atoms with Gasteiger partial charge in [-0.1, -0.05) is 18.2 Å². The van der Waals surface area contributed by atoms with E-state index in [0.717, 1.165) is 37.0 Å². The number of rotatable bonds is 6. The monoisotopic (exact) mass is 409 g/mol. The van der Waals surface area contributed by atoms with Crippen molar-refractivity contribution in [2.24, 2.45) is 0 Å². The highest BCUT2D eigenvalue weighted by Crippen LogP contribution is 2.33. The van der Waals surface area contributed by atoms with Crippen molar-refractivity contribution in [2.75, 3.05) is 11.8 Å². The Morgan fingerprint density at radius 3 is 2.10 bits per heavy atom. The number of hydrogen-bond acceptors (Lipinski definition) is 4. The maximum Gasteiger partial charge on any atom is 0.265 e. The van der Waals surface area contributed by atoms with Gasteiger partial charge in [-0.25, -0.2) is 8.42 Å². The van der Waals surface area contributed by atoms with E-state index in [0.29, 0.717) is 17.2 Å². The number of benzene rings is 3. The second-order valence-electron chi connectivity index (χ2n) is 7.02. The third kappa shape index (κ3) is 4.38. The smallest absolute Gasteiger partial charge is 0.265 e. The molecule has 0 amide bonds. The van der Waals surface area contributed by atoms with Gasteiger partial charge in [0.1, 0.15) is 22.1 Å². The summed E-state index contributed by atoms with van der Waals surface area (Å²) in [5.41, 5.74) is 2.73. The molecule has 0 saturated carbocycles. The molecule has 0 atom stereocenters. The van der Waals surface area contributed by atoms with Gasteiger partial charge in [0.05, 0.1) is 7.11 Å². The van der Waals surface area contributed by atoms with Crippen LogP contribution < -0.4 is 14.2 Å². The van der Waals surface area contributed by atoms with Gasteiger partial charge in [-0.2, -0.15) is 0 Å². The van der Waals surface area contributed by atoms with Gasteiger partial charge in [-0.15, -0.1) is 0 Å². The predicted octanol–water partition coefficient (Wildman–Crippen LogP) is 5.17. The lowest BCUT2D eigenvalue weighted by Gasteiger charge is -2.19. The van der Waals surface area contributed by atoms with Crippen LogP contribution in [0.3, 0.4) is 0 Å². The number of nitrogens with one attached hydrogen (secondary N) is 1. The Labute approximate surface area is 171 Å². The Hall–Kier alpha value is -2.99. The molecule has 4 rings (SSSR count). The Balaban J connectivity index is 1.56. The summed E-state index contributed by atoms with van der Waals surface area (Å²) in [5.74, 6) is 1.73. The first kappa shape index (κ1) is 19.3. The molecule has 1 aliphatic rings. The lowest BCUT2D eigenvalue weighted by atomic mass is 9.92. The molecule has 150 valence electrons. The number of para-hydroxylation sites is 1. The number of hydrogen-bond donors (Lipinski definition) is 1. The fourth-order valence-electron chi connectivity index (χ4n) is 3.54. The van der Waals surface area contributed by atoms with Gasteiger partial charge in [0.25, 0.3) is 10.0 Å². The van der Waals surface area contributed by atoms with Crippen LogP contribution in [-0.4, -0.2) is 15.5 Å². The van der Waals surface area contributed by atoms with Crippen molar-refractivity contribution in [3.8, 4) is 17.2 Å². The highest BCUT2D eigenvalue weighted by molar-refractivity contribution is 7.92. The molecule has 0 radical (unpaired) electrons. The van der Waals surface area contributed by atoms with Gasteiger partial charge in [0.2, 0.25) is 0 Å². The average molecular weight is 410 g/mol. The molecule has 0 unspecified atom stereocenters. The normalized spacial score (nSPS) is 13.4. The summed E-state index contributed by atoms with van der Waals surface area (Å²) in [6.07, 6.45) is 4.06. The van der Waals surface area contributed by atoms with E-state index in [-0.39, 0.29) is 4.90 Å². The summed E-state index contributed by atoms with van der Waals surface area (Å²) in [7, 11) is -2.28. The quantitative estimate of drug-likeness (QED) is 0.610. The predicted molar refractivity (Wildman–Crippen MR) is 113 cm³/mol. The maximum atomic E-state index is 13.0. The Kier molecular flexibility index (Phi) is 5.45. The lowest BCUT2D eigenvalue weighted by Crippen LogP contribution is -2.16. The molecule has 0 aromatic heterocycles. The van der Waals surface area contributed by atoms with Crippen LogP contribution in [0.15, 0.2) is 71.6 Å². The van der Waals surface area contributed by atoms with E-state index in [1.807, 2.05) is 36.4 Å². The van der Waals surface area contributed by atoms with Gasteiger partial charge >= 0.3 is 0 Å². The van der Waals surface area contributed by atoms with Crippen LogP contribution in [0.4, 0.5) is 5.69 Å². The molecular formula is C23H23NO4S. The number of fused-ring (bicyclic) bond motifs is 1. The first-order valence-electron chi connectivity index (χ1n) is 9.61. The summed E-state index contributed by atoms with van der Waals surface area (Å²) in [5, 5.41) is 0. The van der Waals surface area contributed by atoms with Crippen LogP contribution >= 0.6 is 0 Å². The SMILES string of the molecule is COc1cc2c(cc1S(=O)(=O)Nc1ccc(Oc3ccccc3)cc1)CCCC2. The fourth-order valence-corrected chi connectivity index (χ4v) is 4.80. The number of ether oxygens (including phenoxy) is 2. The van der Waals surface area contributed by atoms with Crippen molar-refractivity contribution in [3.05, 3.63) is 77.9 Å². The minimum atomic E-state index is -3.78. The lowest BCUT2D eigenvalue weighted by molar-refractivity contribution is 0.401. The molecule has 0 heterocycles. The third-order valence-corrected chi connectivity index (χ3v) is 6.41. The summed E-state index contributed by atoms with van der Waals surface area (Å²) in [4.78, 5) is 0.172. The van der Waals surface area contributed by atoms with E-state index < -0.39 is 10.0 Å². The van der Waals surface area contributed by atoms with Crippen LogP contribution in [0, 0.1) is 0 Å². The average Bonchev–Trinajstić information content (AvgIpc) is 2.74. The third-order valence-electron chi connectivity index (χ3n) is 5.00. The first-order chi connectivity index (χ1) is 14.0.